The monoisotopic (exact) mass is 587 g/mol. The second-order valence-corrected chi connectivity index (χ2v) is 12.6. The van der Waals surface area contributed by atoms with Gasteiger partial charge in [0.25, 0.3) is 0 Å². The fourth-order valence-electron chi connectivity index (χ4n) is 5.12. The van der Waals surface area contributed by atoms with Crippen LogP contribution in [0.5, 0.6) is 0 Å². The summed E-state index contributed by atoms with van der Waals surface area (Å²) in [6.45, 7) is 4.09. The number of imidazole rings is 1. The highest BCUT2D eigenvalue weighted by atomic mass is 32.2. The number of rotatable bonds is 8. The van der Waals surface area contributed by atoms with Gasteiger partial charge >= 0.3 is 0 Å². The third kappa shape index (κ3) is 6.79. The molecule has 10 nitrogen and oxygen atoms in total. The molecule has 1 aromatic carbocycles. The van der Waals surface area contributed by atoms with Crippen LogP contribution in [0.1, 0.15) is 67.1 Å². The summed E-state index contributed by atoms with van der Waals surface area (Å²) in [5.74, 6) is 7.98. The van der Waals surface area contributed by atoms with E-state index in [1.54, 1.807) is 12.4 Å². The van der Waals surface area contributed by atoms with Gasteiger partial charge in [0.2, 0.25) is 10.0 Å². The van der Waals surface area contributed by atoms with Crippen molar-refractivity contribution in [2.75, 3.05) is 18.9 Å². The van der Waals surface area contributed by atoms with Gasteiger partial charge in [-0.15, -0.1) is 0 Å². The van der Waals surface area contributed by atoms with Gasteiger partial charge in [-0.2, -0.15) is 4.31 Å². The molecule has 5 heterocycles. The molecular formula is C31H33N5O5S. The summed E-state index contributed by atoms with van der Waals surface area (Å²) < 4.78 is 45.0. The highest BCUT2D eigenvalue weighted by Crippen LogP contribution is 2.25. The van der Waals surface area contributed by atoms with E-state index in [4.69, 9.17) is 14.0 Å². The van der Waals surface area contributed by atoms with Crippen LogP contribution >= 0.6 is 0 Å². The molecule has 2 saturated heterocycles. The van der Waals surface area contributed by atoms with E-state index in [1.807, 2.05) is 60.2 Å². The van der Waals surface area contributed by atoms with Gasteiger partial charge in [-0.1, -0.05) is 17.0 Å². The minimum Gasteiger partial charge on any atom is -0.356 e. The first kappa shape index (κ1) is 28.3. The molecule has 0 bridgehead atoms. The number of hydrogen-bond acceptors (Lipinski definition) is 8. The lowest BCUT2D eigenvalue weighted by molar-refractivity contribution is -0.188. The quantitative estimate of drug-likeness (QED) is 0.277. The first-order chi connectivity index (χ1) is 20.4. The van der Waals surface area contributed by atoms with Gasteiger partial charge in [0.05, 0.1) is 24.5 Å². The zero-order valence-corrected chi connectivity index (χ0v) is 24.3. The van der Waals surface area contributed by atoms with Crippen LogP contribution in [0.2, 0.25) is 0 Å². The van der Waals surface area contributed by atoms with Crippen LogP contribution in [0.15, 0.2) is 65.6 Å². The lowest BCUT2D eigenvalue weighted by Gasteiger charge is -2.26. The molecule has 0 radical (unpaired) electrons. The molecule has 0 saturated carbocycles. The van der Waals surface area contributed by atoms with Crippen molar-refractivity contribution < 1.29 is 22.4 Å². The minimum absolute atomic E-state index is 0.185. The number of nitrogens with zero attached hydrogens (tertiary/aromatic N) is 5. The average Bonchev–Trinajstić information content (AvgIpc) is 3.74. The van der Waals surface area contributed by atoms with Crippen molar-refractivity contribution >= 4 is 10.0 Å². The smallest absolute Gasteiger partial charge is 0.214 e. The second-order valence-electron chi connectivity index (χ2n) is 10.5. The van der Waals surface area contributed by atoms with Gasteiger partial charge in [0.15, 0.2) is 12.1 Å². The van der Waals surface area contributed by atoms with Gasteiger partial charge in [-0.05, 0) is 69.0 Å². The van der Waals surface area contributed by atoms with Crippen LogP contribution in [0, 0.1) is 11.8 Å². The number of aromatic nitrogens is 4. The summed E-state index contributed by atoms with van der Waals surface area (Å²) in [6.07, 6.45) is 8.74. The van der Waals surface area contributed by atoms with E-state index in [9.17, 15) is 8.42 Å². The minimum atomic E-state index is -3.14. The number of benzene rings is 1. The normalized spacial score (nSPS) is 19.3. The second kappa shape index (κ2) is 12.6. The summed E-state index contributed by atoms with van der Waals surface area (Å²) in [7, 11) is -3.14. The third-order valence-electron chi connectivity index (χ3n) is 7.38. The molecule has 0 spiro atoms. The van der Waals surface area contributed by atoms with Crippen LogP contribution in [0.25, 0.3) is 11.3 Å². The van der Waals surface area contributed by atoms with Crippen LogP contribution in [0.3, 0.4) is 0 Å². The number of hydrogen-bond donors (Lipinski definition) is 0. The maximum atomic E-state index is 12.0. The van der Waals surface area contributed by atoms with Gasteiger partial charge in [-0.25, -0.2) is 13.4 Å². The Kier molecular flexibility index (Phi) is 8.48. The first-order valence-electron chi connectivity index (χ1n) is 14.2. The molecule has 2 aliphatic rings. The Balaban J connectivity index is 1.05. The molecule has 218 valence electrons. The lowest BCUT2D eigenvalue weighted by Crippen LogP contribution is -2.25. The van der Waals surface area contributed by atoms with Gasteiger partial charge < -0.3 is 18.6 Å². The number of sulfonamides is 1. The molecule has 2 aliphatic heterocycles. The SMILES string of the molecule is C[C@H](OC1CCCCO1)c1nccn1Cc1cc(-c2ccc(C#Cc3ccc(CN4CCCS4(=O)=O)nc3)cc2)on1. The lowest BCUT2D eigenvalue weighted by atomic mass is 10.1. The van der Waals surface area contributed by atoms with E-state index in [-0.39, 0.29) is 18.1 Å². The first-order valence-corrected chi connectivity index (χ1v) is 15.8. The third-order valence-corrected chi connectivity index (χ3v) is 9.29. The fourth-order valence-corrected chi connectivity index (χ4v) is 6.61. The largest absolute Gasteiger partial charge is 0.356 e. The van der Waals surface area contributed by atoms with E-state index in [2.05, 4.69) is 27.0 Å². The summed E-state index contributed by atoms with van der Waals surface area (Å²) in [6, 6.07) is 13.4. The van der Waals surface area contributed by atoms with Crippen molar-refractivity contribution in [2.24, 2.45) is 0 Å². The highest BCUT2D eigenvalue weighted by Gasteiger charge is 2.28. The maximum absolute atomic E-state index is 12.0. The Bertz CT molecular complexity index is 1660. The summed E-state index contributed by atoms with van der Waals surface area (Å²) in [5.41, 5.74) is 4.01. The standard InChI is InChI=1S/C31H33N5O5S/c1-23(40-30-5-2-3-17-39-30)31-32-14-16-35(31)21-28-19-29(41-34-28)26-11-8-24(9-12-26)6-7-25-10-13-27(33-20-25)22-36-15-4-18-42(36,37)38/h8-14,16,19-20,23,30H,2-5,15,17-18,21-22H2,1H3/t23-,30?/m0/s1. The van der Waals surface area contributed by atoms with Crippen molar-refractivity contribution in [1.82, 2.24) is 24.0 Å². The molecule has 0 aliphatic carbocycles. The van der Waals surface area contributed by atoms with Crippen LogP contribution in [0.4, 0.5) is 0 Å². The molecule has 3 aromatic heterocycles. The molecule has 11 heteroatoms. The number of pyridine rings is 1. The van der Waals surface area contributed by atoms with Crippen molar-refractivity contribution in [1.29, 1.82) is 0 Å². The Labute approximate surface area is 245 Å². The van der Waals surface area contributed by atoms with Gasteiger partial charge in [0.1, 0.15) is 17.6 Å². The Morgan fingerprint density at radius 1 is 1.02 bits per heavy atom. The Morgan fingerprint density at radius 3 is 2.60 bits per heavy atom. The molecule has 4 aromatic rings. The maximum Gasteiger partial charge on any atom is 0.214 e. The molecule has 0 N–H and O–H groups in total. The molecule has 42 heavy (non-hydrogen) atoms. The zero-order chi connectivity index (χ0) is 28.9. The van der Waals surface area contributed by atoms with E-state index in [1.165, 1.54) is 4.31 Å². The highest BCUT2D eigenvalue weighted by molar-refractivity contribution is 7.89. The molecule has 1 unspecified atom stereocenters. The van der Waals surface area contributed by atoms with Crippen LogP contribution in [-0.2, 0) is 32.6 Å². The van der Waals surface area contributed by atoms with Crippen molar-refractivity contribution in [3.05, 3.63) is 89.4 Å². The fraction of sp³-hybridized carbons (Fsp3) is 0.387. The van der Waals surface area contributed by atoms with Crippen molar-refractivity contribution in [3.63, 3.8) is 0 Å². The number of ether oxygens (including phenoxy) is 2. The Morgan fingerprint density at radius 2 is 1.86 bits per heavy atom. The van der Waals surface area contributed by atoms with E-state index in [0.717, 1.165) is 54.1 Å². The summed E-state index contributed by atoms with van der Waals surface area (Å²) in [4.78, 5) is 8.90. The van der Waals surface area contributed by atoms with Crippen molar-refractivity contribution in [2.45, 2.75) is 58.1 Å². The molecule has 0 amide bonds. The molecule has 6 rings (SSSR count). The average molecular weight is 588 g/mol. The Hall–Kier alpha value is -3.82. The summed E-state index contributed by atoms with van der Waals surface area (Å²) in [5, 5.41) is 4.27. The van der Waals surface area contributed by atoms with Crippen LogP contribution in [-0.4, -0.2) is 57.6 Å². The molecule has 2 atom stereocenters. The topological polar surface area (TPSA) is 113 Å². The van der Waals surface area contributed by atoms with E-state index in [0.29, 0.717) is 37.5 Å². The van der Waals surface area contributed by atoms with E-state index < -0.39 is 10.0 Å². The summed E-state index contributed by atoms with van der Waals surface area (Å²) >= 11 is 0. The van der Waals surface area contributed by atoms with E-state index >= 15 is 0 Å². The van der Waals surface area contributed by atoms with Crippen LogP contribution < -0.4 is 0 Å². The predicted octanol–water partition coefficient (Wildman–Crippen LogP) is 4.52. The van der Waals surface area contributed by atoms with Gasteiger partial charge in [0, 0.05) is 54.5 Å². The zero-order valence-electron chi connectivity index (χ0n) is 23.5. The van der Waals surface area contributed by atoms with Gasteiger partial charge in [-0.3, -0.25) is 4.98 Å². The molecule has 2 fully saturated rings. The molecular weight excluding hydrogens is 554 g/mol. The predicted molar refractivity (Wildman–Crippen MR) is 155 cm³/mol. The van der Waals surface area contributed by atoms with Crippen molar-refractivity contribution in [3.8, 4) is 23.2 Å².